The highest BCUT2D eigenvalue weighted by molar-refractivity contribution is 6.11. The minimum atomic E-state index is -0.0371. The molecule has 2 aliphatic heterocycles. The molecule has 0 fully saturated rings. The Morgan fingerprint density at radius 3 is 3.23 bits per heavy atom. The monoisotopic (exact) mass is 172 g/mol. The van der Waals surface area contributed by atoms with E-state index in [1.54, 1.807) is 6.21 Å². The van der Waals surface area contributed by atoms with Gasteiger partial charge in [-0.3, -0.25) is 0 Å². The van der Waals surface area contributed by atoms with Crippen molar-refractivity contribution in [3.05, 3.63) is 36.0 Å². The number of ether oxygens (including phenoxy) is 1. The standard InChI is InChI=1S/C10H8N2O/c1-2-4-9-7(3-1)5-8-10(13-9)6-11-12-8/h1-6,9-10H. The van der Waals surface area contributed by atoms with Gasteiger partial charge in [0.1, 0.15) is 12.2 Å². The van der Waals surface area contributed by atoms with Gasteiger partial charge >= 0.3 is 0 Å². The molecule has 0 saturated heterocycles. The minimum Gasteiger partial charge on any atom is -0.354 e. The number of allylic oxidation sites excluding steroid dienone is 2. The van der Waals surface area contributed by atoms with Gasteiger partial charge in [-0.05, 0) is 11.6 Å². The molecule has 2 heterocycles. The van der Waals surface area contributed by atoms with E-state index in [0.717, 1.165) is 11.3 Å². The molecular formula is C10H8N2O. The first-order chi connectivity index (χ1) is 6.43. The molecular weight excluding hydrogens is 164 g/mol. The molecule has 0 N–H and O–H groups in total. The van der Waals surface area contributed by atoms with Gasteiger partial charge in [0.15, 0.2) is 0 Å². The summed E-state index contributed by atoms with van der Waals surface area (Å²) in [4.78, 5) is 0. The van der Waals surface area contributed by atoms with Crippen molar-refractivity contribution in [2.45, 2.75) is 12.2 Å². The lowest BCUT2D eigenvalue weighted by Crippen LogP contribution is -2.33. The van der Waals surface area contributed by atoms with Crippen LogP contribution in [-0.4, -0.2) is 24.1 Å². The van der Waals surface area contributed by atoms with Gasteiger partial charge in [-0.2, -0.15) is 10.2 Å². The maximum atomic E-state index is 5.73. The average Bonchev–Trinajstić information content (AvgIpc) is 2.61. The first-order valence-corrected chi connectivity index (χ1v) is 4.26. The van der Waals surface area contributed by atoms with E-state index >= 15 is 0 Å². The molecule has 0 aromatic heterocycles. The predicted octanol–water partition coefficient (Wildman–Crippen LogP) is 1.25. The topological polar surface area (TPSA) is 34.0 Å². The third kappa shape index (κ3) is 1.01. The highest BCUT2D eigenvalue weighted by Crippen LogP contribution is 2.23. The van der Waals surface area contributed by atoms with E-state index in [0.29, 0.717) is 0 Å². The van der Waals surface area contributed by atoms with Crippen LogP contribution in [0.5, 0.6) is 0 Å². The van der Waals surface area contributed by atoms with Crippen molar-refractivity contribution in [2.24, 2.45) is 10.2 Å². The Morgan fingerprint density at radius 2 is 2.23 bits per heavy atom. The summed E-state index contributed by atoms with van der Waals surface area (Å²) in [5.74, 6) is 0. The molecule has 0 aromatic carbocycles. The van der Waals surface area contributed by atoms with E-state index in [9.17, 15) is 0 Å². The Bertz CT molecular complexity index is 388. The van der Waals surface area contributed by atoms with E-state index in [1.807, 2.05) is 30.4 Å². The summed E-state index contributed by atoms with van der Waals surface area (Å²) in [6.07, 6.45) is 11.9. The fourth-order valence-corrected chi connectivity index (χ4v) is 1.63. The summed E-state index contributed by atoms with van der Waals surface area (Å²) in [6.45, 7) is 0. The van der Waals surface area contributed by atoms with Gasteiger partial charge in [-0.25, -0.2) is 0 Å². The Morgan fingerprint density at radius 1 is 1.23 bits per heavy atom. The van der Waals surface area contributed by atoms with Gasteiger partial charge in [-0.15, -0.1) is 0 Å². The quantitative estimate of drug-likeness (QED) is 0.541. The zero-order chi connectivity index (χ0) is 8.67. The Hall–Kier alpha value is -1.48. The molecule has 0 bridgehead atoms. The third-order valence-corrected chi connectivity index (χ3v) is 2.29. The highest BCUT2D eigenvalue weighted by atomic mass is 16.5. The Balaban J connectivity index is 2.04. The van der Waals surface area contributed by atoms with Crippen LogP contribution in [0.1, 0.15) is 0 Å². The maximum Gasteiger partial charge on any atom is 0.139 e. The molecule has 0 radical (unpaired) electrons. The van der Waals surface area contributed by atoms with Crippen LogP contribution in [-0.2, 0) is 4.74 Å². The normalized spacial score (nSPS) is 33.8. The number of rotatable bonds is 0. The van der Waals surface area contributed by atoms with Crippen molar-refractivity contribution in [3.8, 4) is 0 Å². The van der Waals surface area contributed by atoms with Crippen molar-refractivity contribution in [1.29, 1.82) is 0 Å². The summed E-state index contributed by atoms with van der Waals surface area (Å²) in [7, 11) is 0. The second-order valence-corrected chi connectivity index (χ2v) is 3.16. The summed E-state index contributed by atoms with van der Waals surface area (Å²) in [5.41, 5.74) is 2.06. The van der Waals surface area contributed by atoms with Crippen molar-refractivity contribution in [1.82, 2.24) is 0 Å². The lowest BCUT2D eigenvalue weighted by molar-refractivity contribution is 0.112. The average molecular weight is 172 g/mol. The molecule has 64 valence electrons. The number of hydrogen-bond donors (Lipinski definition) is 0. The van der Waals surface area contributed by atoms with Gasteiger partial charge in [0.25, 0.3) is 0 Å². The van der Waals surface area contributed by atoms with Gasteiger partial charge in [0, 0.05) is 0 Å². The Labute approximate surface area is 75.8 Å². The van der Waals surface area contributed by atoms with Crippen LogP contribution in [0.15, 0.2) is 46.2 Å². The fraction of sp³-hybridized carbons (Fsp3) is 0.200. The summed E-state index contributed by atoms with van der Waals surface area (Å²) in [6, 6.07) is 0. The molecule has 1 aliphatic carbocycles. The zero-order valence-corrected chi connectivity index (χ0v) is 6.92. The van der Waals surface area contributed by atoms with E-state index in [1.165, 1.54) is 0 Å². The van der Waals surface area contributed by atoms with E-state index in [4.69, 9.17) is 4.74 Å². The van der Waals surface area contributed by atoms with Gasteiger partial charge < -0.3 is 4.74 Å². The molecule has 3 heteroatoms. The maximum absolute atomic E-state index is 5.73. The summed E-state index contributed by atoms with van der Waals surface area (Å²) >= 11 is 0. The van der Waals surface area contributed by atoms with E-state index in [2.05, 4.69) is 10.2 Å². The number of nitrogens with zero attached hydrogens (tertiary/aromatic N) is 2. The smallest absolute Gasteiger partial charge is 0.139 e. The van der Waals surface area contributed by atoms with Crippen LogP contribution in [0.4, 0.5) is 0 Å². The minimum absolute atomic E-state index is 0.0371. The van der Waals surface area contributed by atoms with Crippen LogP contribution < -0.4 is 0 Å². The zero-order valence-electron chi connectivity index (χ0n) is 6.92. The SMILES string of the molecule is C1=CC2=CC3=NN=CC3OC2C=C1. The van der Waals surface area contributed by atoms with Gasteiger partial charge in [-0.1, -0.05) is 24.3 Å². The lowest BCUT2D eigenvalue weighted by atomic mass is 9.98. The van der Waals surface area contributed by atoms with Gasteiger partial charge in [0.05, 0.1) is 11.9 Å². The molecule has 3 aliphatic rings. The number of fused-ring (bicyclic) bond motifs is 2. The first-order valence-electron chi connectivity index (χ1n) is 4.26. The molecule has 0 saturated carbocycles. The van der Waals surface area contributed by atoms with Crippen molar-refractivity contribution in [2.75, 3.05) is 0 Å². The molecule has 13 heavy (non-hydrogen) atoms. The predicted molar refractivity (Wildman–Crippen MR) is 51.0 cm³/mol. The van der Waals surface area contributed by atoms with Crippen LogP contribution in [0.25, 0.3) is 0 Å². The second-order valence-electron chi connectivity index (χ2n) is 3.16. The van der Waals surface area contributed by atoms with Gasteiger partial charge in [0.2, 0.25) is 0 Å². The van der Waals surface area contributed by atoms with Crippen molar-refractivity contribution < 1.29 is 4.74 Å². The largest absolute Gasteiger partial charge is 0.354 e. The van der Waals surface area contributed by atoms with E-state index in [-0.39, 0.29) is 12.2 Å². The molecule has 0 aromatic rings. The molecule has 2 atom stereocenters. The number of hydrogen-bond acceptors (Lipinski definition) is 3. The fourth-order valence-electron chi connectivity index (χ4n) is 1.63. The Kier molecular flexibility index (Phi) is 1.34. The summed E-state index contributed by atoms with van der Waals surface area (Å²) in [5, 5.41) is 7.81. The lowest BCUT2D eigenvalue weighted by Gasteiger charge is -2.25. The third-order valence-electron chi connectivity index (χ3n) is 2.29. The molecule has 2 unspecified atom stereocenters. The van der Waals surface area contributed by atoms with Crippen LogP contribution in [0.2, 0.25) is 0 Å². The molecule has 3 rings (SSSR count). The first kappa shape index (κ1) is 6.97. The molecule has 0 amide bonds. The van der Waals surface area contributed by atoms with Crippen molar-refractivity contribution >= 4 is 11.9 Å². The molecule has 0 spiro atoms. The highest BCUT2D eigenvalue weighted by Gasteiger charge is 2.28. The van der Waals surface area contributed by atoms with Crippen LogP contribution >= 0.6 is 0 Å². The van der Waals surface area contributed by atoms with Crippen LogP contribution in [0, 0.1) is 0 Å². The van der Waals surface area contributed by atoms with Crippen LogP contribution in [0.3, 0.4) is 0 Å². The second kappa shape index (κ2) is 2.50. The van der Waals surface area contributed by atoms with Crippen molar-refractivity contribution in [3.63, 3.8) is 0 Å². The van der Waals surface area contributed by atoms with E-state index < -0.39 is 0 Å². The summed E-state index contributed by atoms with van der Waals surface area (Å²) < 4.78 is 5.73. The molecule has 3 nitrogen and oxygen atoms in total.